The molecule has 0 saturated carbocycles. The van der Waals surface area contributed by atoms with Crippen LogP contribution >= 0.6 is 34.7 Å². The van der Waals surface area contributed by atoms with Crippen LogP contribution in [0.2, 0.25) is 5.02 Å². The van der Waals surface area contributed by atoms with Gasteiger partial charge in [-0.2, -0.15) is 0 Å². The number of fused-ring (bicyclic) bond motifs is 1. The smallest absolute Gasteiger partial charge is 0.410 e. The second kappa shape index (κ2) is 10.9. The Morgan fingerprint density at radius 1 is 1.26 bits per heavy atom. The molecule has 1 aromatic carbocycles. The molecule has 3 rings (SSSR count). The second-order valence-corrected chi connectivity index (χ2v) is 9.38. The summed E-state index contributed by atoms with van der Waals surface area (Å²) in [6.45, 7) is 2.84. The summed E-state index contributed by atoms with van der Waals surface area (Å²) in [6, 6.07) is 7.43. The van der Waals surface area contributed by atoms with Crippen LogP contribution in [-0.4, -0.2) is 48.9 Å². The van der Waals surface area contributed by atoms with Gasteiger partial charge < -0.3 is 19.7 Å². The maximum absolute atomic E-state index is 12.5. The van der Waals surface area contributed by atoms with Gasteiger partial charge in [0.15, 0.2) is 0 Å². The molecular formula is C21H23ClN2O5S2. The molecule has 2 aromatic rings. The summed E-state index contributed by atoms with van der Waals surface area (Å²) in [7, 11) is 1.31. The van der Waals surface area contributed by atoms with Crippen molar-refractivity contribution in [2.24, 2.45) is 0 Å². The molecule has 1 aliphatic heterocycles. The number of methoxy groups -OCH3 is 1. The van der Waals surface area contributed by atoms with Gasteiger partial charge in [-0.3, -0.25) is 4.79 Å². The number of ether oxygens (including phenoxy) is 2. The van der Waals surface area contributed by atoms with E-state index in [9.17, 15) is 14.4 Å². The number of nitrogens with zero attached hydrogens (tertiary/aromatic N) is 1. The predicted octanol–water partition coefficient (Wildman–Crippen LogP) is 4.82. The lowest BCUT2D eigenvalue weighted by atomic mass is 10.0. The highest BCUT2D eigenvalue weighted by Gasteiger charge is 2.31. The molecule has 0 spiro atoms. The van der Waals surface area contributed by atoms with Gasteiger partial charge in [-0.25, -0.2) is 9.59 Å². The Labute approximate surface area is 194 Å². The Morgan fingerprint density at radius 3 is 2.68 bits per heavy atom. The first-order valence-corrected chi connectivity index (χ1v) is 11.9. The SMILES string of the molecule is CCOC(=O)N1CCc2c(sc(NC(=O)CCSc3ccc(Cl)cc3)c2C(=O)OC)C1. The minimum Gasteiger partial charge on any atom is -0.465 e. The summed E-state index contributed by atoms with van der Waals surface area (Å²) in [5.41, 5.74) is 1.20. The lowest BCUT2D eigenvalue weighted by Gasteiger charge is -2.26. The quantitative estimate of drug-likeness (QED) is 0.449. The fraction of sp³-hybridized carbons (Fsp3) is 0.381. The van der Waals surface area contributed by atoms with Crippen molar-refractivity contribution in [3.05, 3.63) is 45.3 Å². The Morgan fingerprint density at radius 2 is 2.00 bits per heavy atom. The van der Waals surface area contributed by atoms with E-state index < -0.39 is 5.97 Å². The predicted molar refractivity (Wildman–Crippen MR) is 122 cm³/mol. The number of nitrogens with one attached hydrogen (secondary N) is 1. The summed E-state index contributed by atoms with van der Waals surface area (Å²) < 4.78 is 10.0. The molecular weight excluding hydrogens is 460 g/mol. The molecule has 2 amide bonds. The maximum atomic E-state index is 12.5. The lowest BCUT2D eigenvalue weighted by Crippen LogP contribution is -2.36. The van der Waals surface area contributed by atoms with Crippen LogP contribution in [0, 0.1) is 0 Å². The molecule has 0 aliphatic carbocycles. The average Bonchev–Trinajstić information content (AvgIpc) is 3.11. The molecule has 166 valence electrons. The van der Waals surface area contributed by atoms with E-state index in [-0.39, 0.29) is 18.4 Å². The van der Waals surface area contributed by atoms with Crippen LogP contribution < -0.4 is 5.32 Å². The highest BCUT2D eigenvalue weighted by molar-refractivity contribution is 7.99. The monoisotopic (exact) mass is 482 g/mol. The number of anilines is 1. The van der Waals surface area contributed by atoms with Crippen molar-refractivity contribution in [3.8, 4) is 0 Å². The average molecular weight is 483 g/mol. The molecule has 2 heterocycles. The number of rotatable bonds is 7. The van der Waals surface area contributed by atoms with E-state index in [1.54, 1.807) is 23.6 Å². The number of thioether (sulfide) groups is 1. The Bertz CT molecular complexity index is 961. The van der Waals surface area contributed by atoms with Crippen molar-refractivity contribution in [3.63, 3.8) is 0 Å². The zero-order chi connectivity index (χ0) is 22.4. The van der Waals surface area contributed by atoms with E-state index in [2.05, 4.69) is 5.32 Å². The third-order valence-electron chi connectivity index (χ3n) is 4.64. The van der Waals surface area contributed by atoms with Crippen LogP contribution in [-0.2, 0) is 27.2 Å². The molecule has 7 nitrogen and oxygen atoms in total. The number of benzene rings is 1. The van der Waals surface area contributed by atoms with E-state index in [0.29, 0.717) is 47.5 Å². The minimum atomic E-state index is -0.493. The second-order valence-electron chi connectivity index (χ2n) is 6.67. The molecule has 1 N–H and O–H groups in total. The van der Waals surface area contributed by atoms with Gasteiger partial charge in [-0.15, -0.1) is 23.1 Å². The van der Waals surface area contributed by atoms with E-state index in [1.807, 2.05) is 24.3 Å². The summed E-state index contributed by atoms with van der Waals surface area (Å²) in [4.78, 5) is 40.5. The largest absolute Gasteiger partial charge is 0.465 e. The summed E-state index contributed by atoms with van der Waals surface area (Å²) >= 11 is 8.74. The number of halogens is 1. The molecule has 31 heavy (non-hydrogen) atoms. The summed E-state index contributed by atoms with van der Waals surface area (Å²) in [5.74, 6) is -0.0941. The van der Waals surface area contributed by atoms with E-state index in [0.717, 1.165) is 15.3 Å². The third kappa shape index (κ3) is 5.93. The van der Waals surface area contributed by atoms with Gasteiger partial charge in [0.2, 0.25) is 5.91 Å². The maximum Gasteiger partial charge on any atom is 0.410 e. The Hall–Kier alpha value is -2.23. The van der Waals surface area contributed by atoms with Gasteiger partial charge in [0.25, 0.3) is 0 Å². The highest BCUT2D eigenvalue weighted by atomic mass is 35.5. The topological polar surface area (TPSA) is 84.9 Å². The molecule has 1 aliphatic rings. The molecule has 0 saturated heterocycles. The van der Waals surface area contributed by atoms with Crippen LogP contribution in [0.4, 0.5) is 9.80 Å². The van der Waals surface area contributed by atoms with Crippen LogP contribution in [0.3, 0.4) is 0 Å². The fourth-order valence-electron chi connectivity index (χ4n) is 3.16. The number of carbonyl (C=O) groups is 3. The van der Waals surface area contributed by atoms with Crippen molar-refractivity contribution >= 4 is 57.7 Å². The first kappa shape index (κ1) is 23.4. The van der Waals surface area contributed by atoms with Crippen LogP contribution in [0.5, 0.6) is 0 Å². The molecule has 1 aromatic heterocycles. The molecule has 0 unspecified atom stereocenters. The third-order valence-corrected chi connectivity index (χ3v) is 7.03. The number of amides is 2. The minimum absolute atomic E-state index is 0.188. The van der Waals surface area contributed by atoms with Gasteiger partial charge in [-0.1, -0.05) is 11.6 Å². The summed E-state index contributed by atoms with van der Waals surface area (Å²) in [5, 5.41) is 3.99. The van der Waals surface area contributed by atoms with Crippen LogP contribution in [0.15, 0.2) is 29.2 Å². The van der Waals surface area contributed by atoms with Crippen molar-refractivity contribution in [1.29, 1.82) is 0 Å². The van der Waals surface area contributed by atoms with E-state index >= 15 is 0 Å². The van der Waals surface area contributed by atoms with Crippen LogP contribution in [0.1, 0.15) is 34.1 Å². The number of esters is 1. The van der Waals surface area contributed by atoms with Crippen molar-refractivity contribution in [1.82, 2.24) is 4.90 Å². The summed E-state index contributed by atoms with van der Waals surface area (Å²) in [6.07, 6.45) is 0.397. The fourth-order valence-corrected chi connectivity index (χ4v) is 5.41. The van der Waals surface area contributed by atoms with Gasteiger partial charge >= 0.3 is 12.1 Å². The van der Waals surface area contributed by atoms with Gasteiger partial charge in [-0.05, 0) is 43.2 Å². The molecule has 0 fully saturated rings. The van der Waals surface area contributed by atoms with Crippen molar-refractivity contribution < 1.29 is 23.9 Å². The van der Waals surface area contributed by atoms with E-state index in [4.69, 9.17) is 21.1 Å². The standard InChI is InChI=1S/C21H23ClN2O5S2/c1-3-29-21(27)24-10-8-15-16(12-24)31-19(18(15)20(26)28-2)23-17(25)9-11-30-14-6-4-13(22)5-7-14/h4-7H,3,8-12H2,1-2H3,(H,23,25). The van der Waals surface area contributed by atoms with E-state index in [1.165, 1.54) is 18.4 Å². The Kier molecular flexibility index (Phi) is 8.22. The van der Waals surface area contributed by atoms with Crippen LogP contribution in [0.25, 0.3) is 0 Å². The lowest BCUT2D eigenvalue weighted by molar-refractivity contribution is -0.115. The highest BCUT2D eigenvalue weighted by Crippen LogP contribution is 2.38. The Balaban J connectivity index is 1.67. The normalized spacial score (nSPS) is 12.8. The first-order chi connectivity index (χ1) is 14.9. The number of hydrogen-bond donors (Lipinski definition) is 1. The first-order valence-electron chi connectivity index (χ1n) is 9.75. The van der Waals surface area contributed by atoms with Gasteiger partial charge in [0.05, 0.1) is 25.8 Å². The zero-order valence-electron chi connectivity index (χ0n) is 17.2. The number of carbonyl (C=O) groups excluding carboxylic acids is 3. The molecule has 0 bridgehead atoms. The van der Waals surface area contributed by atoms with Crippen molar-refractivity contribution in [2.75, 3.05) is 31.3 Å². The number of thiophene rings is 1. The molecule has 0 atom stereocenters. The molecule has 0 radical (unpaired) electrons. The zero-order valence-corrected chi connectivity index (χ0v) is 19.6. The van der Waals surface area contributed by atoms with Crippen molar-refractivity contribution in [2.45, 2.75) is 31.2 Å². The molecule has 10 heteroatoms. The van der Waals surface area contributed by atoms with Gasteiger partial charge in [0.1, 0.15) is 5.00 Å². The number of hydrogen-bond acceptors (Lipinski definition) is 7. The van der Waals surface area contributed by atoms with Gasteiger partial charge in [0, 0.05) is 33.5 Å².